The fraction of sp³-hybridized carbons (Fsp3) is 0.519. The molecule has 0 bridgehead atoms. The molecule has 0 spiro atoms. The summed E-state index contributed by atoms with van der Waals surface area (Å²) in [4.78, 5) is 39.8. The van der Waals surface area contributed by atoms with Crippen LogP contribution >= 0.6 is 0 Å². The first-order chi connectivity index (χ1) is 17.3. The summed E-state index contributed by atoms with van der Waals surface area (Å²) in [6, 6.07) is 1.86. The third-order valence-electron chi connectivity index (χ3n) is 8.11. The van der Waals surface area contributed by atoms with Gasteiger partial charge in [-0.1, -0.05) is 20.3 Å². The molecule has 1 saturated carbocycles. The van der Waals surface area contributed by atoms with Crippen LogP contribution in [0, 0.1) is 17.8 Å². The summed E-state index contributed by atoms with van der Waals surface area (Å²) in [6.45, 7) is 5.28. The third-order valence-corrected chi connectivity index (χ3v) is 8.11. The number of nitrogens with two attached hydrogens (primary N) is 1. The fourth-order valence-electron chi connectivity index (χ4n) is 5.85. The Morgan fingerprint density at radius 1 is 1.24 bits per heavy atom. The second kappa shape index (κ2) is 9.50. The number of fused-ring (bicyclic) bond motifs is 3. The summed E-state index contributed by atoms with van der Waals surface area (Å²) in [7, 11) is 3.69. The van der Waals surface area contributed by atoms with Gasteiger partial charge < -0.3 is 36.4 Å². The number of hydrogen-bond donors (Lipinski definition) is 6. The van der Waals surface area contributed by atoms with Crippen LogP contribution in [0.2, 0.25) is 0 Å². The standard InChI is InChI=1S/C27H35N3O7/c1-5-12(2)10-29-11-14-8-17(30(3)4)16-7-13-6-15-9-18(31)21(26(28)36)25(35)27(15,37)24(34)19(13)23(33)20(16)22(14)32/h8,12-13,15,29,32-33,35,37H,5-7,9-11H2,1-4H3,(H2,28,36). The quantitative estimate of drug-likeness (QED) is 0.296. The number of aliphatic hydroxyl groups excluding tert-OH is 2. The SMILES string of the molecule is CCC(C)CNCc1cc(N(C)C)c2c(c1O)C(O)=C1C(=O)C3(O)C(O)=C(C(N)=O)C(=O)CC3CC1C2. The lowest BCUT2D eigenvalue weighted by Crippen LogP contribution is -2.58. The number of Topliss-reactive ketones (excluding diaryl/α,β-unsaturated/α-hetero) is 2. The lowest BCUT2D eigenvalue weighted by atomic mass is 9.59. The maximum atomic E-state index is 13.7. The van der Waals surface area contributed by atoms with Crippen LogP contribution < -0.4 is 16.0 Å². The number of aromatic hydroxyl groups is 1. The average Bonchev–Trinajstić information content (AvgIpc) is 2.82. The summed E-state index contributed by atoms with van der Waals surface area (Å²) in [5.41, 5.74) is 3.81. The molecule has 10 nitrogen and oxygen atoms in total. The van der Waals surface area contributed by atoms with Crippen LogP contribution in [0.4, 0.5) is 5.69 Å². The minimum Gasteiger partial charge on any atom is -0.508 e. The van der Waals surface area contributed by atoms with E-state index in [-0.39, 0.29) is 36.1 Å². The largest absolute Gasteiger partial charge is 0.508 e. The van der Waals surface area contributed by atoms with Crippen LogP contribution in [-0.2, 0) is 27.3 Å². The predicted octanol–water partition coefficient (Wildman–Crippen LogP) is 1.63. The van der Waals surface area contributed by atoms with Crippen molar-refractivity contribution in [2.75, 3.05) is 25.5 Å². The maximum Gasteiger partial charge on any atom is 0.255 e. The number of rotatable bonds is 7. The first-order valence-electron chi connectivity index (χ1n) is 12.6. The number of phenolic OH excluding ortho intramolecular Hbond substituents is 1. The molecule has 4 rings (SSSR count). The van der Waals surface area contributed by atoms with Gasteiger partial charge in [-0.25, -0.2) is 0 Å². The molecule has 1 fully saturated rings. The Kier molecular flexibility index (Phi) is 6.85. The number of benzene rings is 1. The highest BCUT2D eigenvalue weighted by Crippen LogP contribution is 2.53. The highest BCUT2D eigenvalue weighted by molar-refractivity contribution is 6.22. The van der Waals surface area contributed by atoms with Crippen molar-refractivity contribution in [1.82, 2.24) is 5.32 Å². The number of anilines is 1. The molecule has 1 aromatic rings. The molecule has 4 atom stereocenters. The number of ketones is 2. The average molecular weight is 514 g/mol. The number of aliphatic hydroxyl groups is 3. The van der Waals surface area contributed by atoms with Gasteiger partial charge in [0.15, 0.2) is 11.4 Å². The number of nitrogens with one attached hydrogen (secondary N) is 1. The van der Waals surface area contributed by atoms with E-state index in [1.54, 1.807) is 0 Å². The highest BCUT2D eigenvalue weighted by atomic mass is 16.3. The molecule has 7 N–H and O–H groups in total. The van der Waals surface area contributed by atoms with Gasteiger partial charge in [0.2, 0.25) is 5.78 Å². The van der Waals surface area contributed by atoms with Crippen molar-refractivity contribution in [3.63, 3.8) is 0 Å². The maximum absolute atomic E-state index is 13.7. The topological polar surface area (TPSA) is 173 Å². The Hall–Kier alpha value is -3.37. The highest BCUT2D eigenvalue weighted by Gasteiger charge is 2.60. The van der Waals surface area contributed by atoms with E-state index >= 15 is 0 Å². The Morgan fingerprint density at radius 2 is 1.92 bits per heavy atom. The molecule has 0 radical (unpaired) electrons. The molecule has 4 unspecified atom stereocenters. The van der Waals surface area contributed by atoms with Crippen LogP contribution in [0.25, 0.3) is 5.76 Å². The van der Waals surface area contributed by atoms with Crippen LogP contribution in [0.3, 0.4) is 0 Å². The Balaban J connectivity index is 1.85. The van der Waals surface area contributed by atoms with Crippen molar-refractivity contribution in [2.24, 2.45) is 23.5 Å². The zero-order chi connectivity index (χ0) is 27.4. The zero-order valence-electron chi connectivity index (χ0n) is 21.6. The number of hydrogen-bond acceptors (Lipinski definition) is 9. The van der Waals surface area contributed by atoms with E-state index < -0.39 is 52.0 Å². The zero-order valence-corrected chi connectivity index (χ0v) is 21.6. The Bertz CT molecular complexity index is 1250. The van der Waals surface area contributed by atoms with Gasteiger partial charge in [-0.2, -0.15) is 0 Å². The van der Waals surface area contributed by atoms with E-state index in [9.17, 15) is 34.8 Å². The van der Waals surface area contributed by atoms with Gasteiger partial charge in [-0.3, -0.25) is 14.4 Å². The van der Waals surface area contributed by atoms with Gasteiger partial charge >= 0.3 is 0 Å². The molecular formula is C27H35N3O7. The van der Waals surface area contributed by atoms with Crippen LogP contribution in [-0.4, -0.2) is 64.1 Å². The van der Waals surface area contributed by atoms with Crippen molar-refractivity contribution in [3.05, 3.63) is 39.7 Å². The smallest absolute Gasteiger partial charge is 0.255 e. The second-order valence-electron chi connectivity index (χ2n) is 10.7. The van der Waals surface area contributed by atoms with Crippen molar-refractivity contribution >= 4 is 28.9 Å². The minimum atomic E-state index is -2.56. The lowest BCUT2D eigenvalue weighted by molar-refractivity contribution is -0.147. The number of carbonyl (C=O) groups excluding carboxylic acids is 3. The summed E-state index contributed by atoms with van der Waals surface area (Å²) in [6.07, 6.45) is 1.04. The minimum absolute atomic E-state index is 0.106. The second-order valence-corrected chi connectivity index (χ2v) is 10.7. The molecule has 3 aliphatic rings. The molecule has 0 heterocycles. The van der Waals surface area contributed by atoms with Gasteiger partial charge in [-0.05, 0) is 42.9 Å². The molecular weight excluding hydrogens is 478 g/mol. The molecule has 200 valence electrons. The van der Waals surface area contributed by atoms with Gasteiger partial charge in [0, 0.05) is 49.8 Å². The van der Waals surface area contributed by atoms with Crippen molar-refractivity contribution in [2.45, 2.75) is 51.7 Å². The summed E-state index contributed by atoms with van der Waals surface area (Å²) in [5.74, 6) is -5.79. The first-order valence-corrected chi connectivity index (χ1v) is 12.6. The van der Waals surface area contributed by atoms with E-state index in [1.165, 1.54) is 0 Å². The van der Waals surface area contributed by atoms with E-state index in [1.807, 2.05) is 25.1 Å². The number of primary amides is 1. The third kappa shape index (κ3) is 4.08. The van der Waals surface area contributed by atoms with E-state index in [0.29, 0.717) is 23.6 Å². The monoisotopic (exact) mass is 513 g/mol. The van der Waals surface area contributed by atoms with Crippen LogP contribution in [0.15, 0.2) is 23.0 Å². The van der Waals surface area contributed by atoms with Gasteiger partial charge in [0.1, 0.15) is 22.8 Å². The van der Waals surface area contributed by atoms with Gasteiger partial charge in [0.25, 0.3) is 5.91 Å². The first kappa shape index (κ1) is 26.7. The van der Waals surface area contributed by atoms with E-state index in [0.717, 1.165) is 18.7 Å². The summed E-state index contributed by atoms with van der Waals surface area (Å²) < 4.78 is 0. The van der Waals surface area contributed by atoms with E-state index in [4.69, 9.17) is 5.73 Å². The molecule has 0 aliphatic heterocycles. The molecule has 0 aromatic heterocycles. The fourth-order valence-corrected chi connectivity index (χ4v) is 5.85. The number of phenols is 1. The lowest BCUT2D eigenvalue weighted by Gasteiger charge is -2.46. The number of carbonyl (C=O) groups is 3. The van der Waals surface area contributed by atoms with Gasteiger partial charge in [0.05, 0.1) is 5.56 Å². The van der Waals surface area contributed by atoms with Crippen LogP contribution in [0.1, 0.15) is 49.8 Å². The van der Waals surface area contributed by atoms with Crippen molar-refractivity contribution in [3.8, 4) is 5.75 Å². The molecule has 10 heteroatoms. The Labute approximate surface area is 215 Å². The normalized spacial score (nSPS) is 26.0. The summed E-state index contributed by atoms with van der Waals surface area (Å²) >= 11 is 0. The molecule has 1 aromatic carbocycles. The molecule has 3 aliphatic carbocycles. The molecule has 1 amide bonds. The van der Waals surface area contributed by atoms with E-state index in [2.05, 4.69) is 19.2 Å². The molecule has 0 saturated heterocycles. The predicted molar refractivity (Wildman–Crippen MR) is 137 cm³/mol. The number of amides is 1. The summed E-state index contributed by atoms with van der Waals surface area (Å²) in [5, 5.41) is 48.0. The Morgan fingerprint density at radius 3 is 2.51 bits per heavy atom. The van der Waals surface area contributed by atoms with Crippen molar-refractivity contribution in [1.29, 1.82) is 0 Å². The van der Waals surface area contributed by atoms with Crippen LogP contribution in [0.5, 0.6) is 5.75 Å². The van der Waals surface area contributed by atoms with Crippen molar-refractivity contribution < 1.29 is 34.8 Å². The van der Waals surface area contributed by atoms with Gasteiger partial charge in [-0.15, -0.1) is 0 Å². The molecule has 37 heavy (non-hydrogen) atoms. The number of nitrogens with zero attached hydrogens (tertiary/aromatic N) is 1.